The fourth-order valence-electron chi connectivity index (χ4n) is 0.895. The number of nitrogens with zero attached hydrogens (tertiary/aromatic N) is 2. The van der Waals surface area contributed by atoms with Gasteiger partial charge in [-0.3, -0.25) is 4.79 Å². The van der Waals surface area contributed by atoms with E-state index in [9.17, 15) is 4.79 Å². The Morgan fingerprint density at radius 1 is 1.62 bits per heavy atom. The number of halogens is 1. The Morgan fingerprint density at radius 3 is 2.75 bits per heavy atom. The summed E-state index contributed by atoms with van der Waals surface area (Å²) >= 11 is 5.87. The normalized spacial score (nSPS) is 11.0. The number of anilines is 1. The predicted molar refractivity (Wildman–Crippen MR) is 60.5 cm³/mol. The molecular weight excluding hydrogens is 232 g/mol. The third kappa shape index (κ3) is 2.73. The molecule has 0 saturated carbocycles. The van der Waals surface area contributed by atoms with Crippen LogP contribution in [0.5, 0.6) is 6.01 Å². The molecule has 0 fully saturated rings. The second kappa shape index (κ2) is 4.52. The van der Waals surface area contributed by atoms with Gasteiger partial charge in [0.1, 0.15) is 10.6 Å². The zero-order chi connectivity index (χ0) is 12.3. The third-order valence-corrected chi connectivity index (χ3v) is 2.23. The van der Waals surface area contributed by atoms with Crippen molar-refractivity contribution < 1.29 is 9.53 Å². The van der Waals surface area contributed by atoms with Crippen LogP contribution < -0.4 is 15.8 Å². The first-order valence-corrected chi connectivity index (χ1v) is 4.89. The largest absolute Gasteiger partial charge is 0.467 e. The molecule has 0 aliphatic carbocycles. The van der Waals surface area contributed by atoms with Gasteiger partial charge in [0.05, 0.1) is 13.3 Å². The SMILES string of the molecule is COc1ncc(Cl)c(NC(C)(C)C(N)=O)n1. The monoisotopic (exact) mass is 244 g/mol. The zero-order valence-electron chi connectivity index (χ0n) is 9.24. The maximum Gasteiger partial charge on any atom is 0.318 e. The molecule has 3 N–H and O–H groups in total. The molecule has 1 aromatic heterocycles. The van der Waals surface area contributed by atoms with Crippen molar-refractivity contribution in [1.29, 1.82) is 0 Å². The average molecular weight is 245 g/mol. The van der Waals surface area contributed by atoms with Crippen LogP contribution in [0.2, 0.25) is 5.02 Å². The van der Waals surface area contributed by atoms with Gasteiger partial charge in [0.15, 0.2) is 5.82 Å². The van der Waals surface area contributed by atoms with Crippen molar-refractivity contribution in [2.45, 2.75) is 19.4 Å². The summed E-state index contributed by atoms with van der Waals surface area (Å²) in [6.07, 6.45) is 1.38. The van der Waals surface area contributed by atoms with Gasteiger partial charge < -0.3 is 15.8 Å². The van der Waals surface area contributed by atoms with Crippen LogP contribution in [0.15, 0.2) is 6.20 Å². The molecule has 0 aromatic carbocycles. The van der Waals surface area contributed by atoms with E-state index >= 15 is 0 Å². The zero-order valence-corrected chi connectivity index (χ0v) is 10.00. The fourth-order valence-corrected chi connectivity index (χ4v) is 1.03. The Kier molecular flexibility index (Phi) is 3.54. The van der Waals surface area contributed by atoms with Crippen LogP contribution in [0.4, 0.5) is 5.82 Å². The Labute approximate surface area is 98.2 Å². The molecular formula is C9H13ClN4O2. The van der Waals surface area contributed by atoms with Gasteiger partial charge in [-0.05, 0) is 13.8 Å². The molecule has 7 heteroatoms. The minimum Gasteiger partial charge on any atom is -0.467 e. The van der Waals surface area contributed by atoms with Crippen molar-refractivity contribution in [3.63, 3.8) is 0 Å². The molecule has 0 unspecified atom stereocenters. The Balaban J connectivity index is 3.00. The molecule has 0 aliphatic heterocycles. The highest BCUT2D eigenvalue weighted by Crippen LogP contribution is 2.23. The lowest BCUT2D eigenvalue weighted by atomic mass is 10.1. The van der Waals surface area contributed by atoms with Crippen LogP contribution in [-0.2, 0) is 4.79 Å². The van der Waals surface area contributed by atoms with E-state index in [0.717, 1.165) is 0 Å². The maximum atomic E-state index is 11.1. The van der Waals surface area contributed by atoms with Crippen LogP contribution in [0.25, 0.3) is 0 Å². The number of hydrogen-bond donors (Lipinski definition) is 2. The van der Waals surface area contributed by atoms with Crippen LogP contribution in [0.3, 0.4) is 0 Å². The highest BCUT2D eigenvalue weighted by Gasteiger charge is 2.26. The Morgan fingerprint density at radius 2 is 2.25 bits per heavy atom. The Bertz CT molecular complexity index is 408. The first-order valence-electron chi connectivity index (χ1n) is 4.51. The molecule has 88 valence electrons. The molecule has 0 atom stereocenters. The molecule has 0 radical (unpaired) electrons. The van der Waals surface area contributed by atoms with E-state index in [4.69, 9.17) is 22.1 Å². The number of amides is 1. The minimum atomic E-state index is -0.955. The maximum absolute atomic E-state index is 11.1. The predicted octanol–water partition coefficient (Wildman–Crippen LogP) is 0.814. The number of ether oxygens (including phenoxy) is 1. The van der Waals surface area contributed by atoms with Gasteiger partial charge in [-0.2, -0.15) is 4.98 Å². The van der Waals surface area contributed by atoms with E-state index < -0.39 is 11.4 Å². The average Bonchev–Trinajstić information content (AvgIpc) is 2.21. The van der Waals surface area contributed by atoms with Crippen molar-refractivity contribution in [3.05, 3.63) is 11.2 Å². The lowest BCUT2D eigenvalue weighted by molar-refractivity contribution is -0.121. The number of primary amides is 1. The van der Waals surface area contributed by atoms with E-state index in [-0.39, 0.29) is 11.0 Å². The lowest BCUT2D eigenvalue weighted by Crippen LogP contribution is -2.45. The number of rotatable bonds is 4. The van der Waals surface area contributed by atoms with E-state index in [2.05, 4.69) is 15.3 Å². The summed E-state index contributed by atoms with van der Waals surface area (Å²) in [6, 6.07) is 0.159. The highest BCUT2D eigenvalue weighted by molar-refractivity contribution is 6.32. The molecule has 0 aliphatic rings. The van der Waals surface area contributed by atoms with Gasteiger partial charge in [0, 0.05) is 0 Å². The van der Waals surface area contributed by atoms with Crippen molar-refractivity contribution in [2.75, 3.05) is 12.4 Å². The summed E-state index contributed by atoms with van der Waals surface area (Å²) in [5.74, 6) is -0.210. The summed E-state index contributed by atoms with van der Waals surface area (Å²) in [5, 5.41) is 3.11. The van der Waals surface area contributed by atoms with E-state index in [0.29, 0.717) is 5.82 Å². The number of carbonyl (C=O) groups is 1. The van der Waals surface area contributed by atoms with E-state index in [1.54, 1.807) is 13.8 Å². The highest BCUT2D eigenvalue weighted by atomic mass is 35.5. The molecule has 1 amide bonds. The third-order valence-electron chi connectivity index (χ3n) is 1.95. The van der Waals surface area contributed by atoms with E-state index in [1.807, 2.05) is 0 Å². The standard InChI is InChI=1S/C9H13ClN4O2/c1-9(2,7(11)15)14-6-5(10)4-12-8(13-6)16-3/h4H,1-3H3,(H2,11,15)(H,12,13,14). The number of hydrogen-bond acceptors (Lipinski definition) is 5. The van der Waals surface area contributed by atoms with Gasteiger partial charge in [-0.1, -0.05) is 11.6 Å². The fraction of sp³-hybridized carbons (Fsp3) is 0.444. The second-order valence-corrected chi connectivity index (χ2v) is 4.07. The van der Waals surface area contributed by atoms with Crippen molar-refractivity contribution in [2.24, 2.45) is 5.73 Å². The minimum absolute atomic E-state index is 0.159. The molecule has 1 rings (SSSR count). The summed E-state index contributed by atoms with van der Waals surface area (Å²) < 4.78 is 4.85. The number of aromatic nitrogens is 2. The van der Waals surface area contributed by atoms with Crippen molar-refractivity contribution >= 4 is 23.3 Å². The van der Waals surface area contributed by atoms with Gasteiger partial charge in [-0.15, -0.1) is 0 Å². The lowest BCUT2D eigenvalue weighted by Gasteiger charge is -2.23. The molecule has 1 heterocycles. The van der Waals surface area contributed by atoms with Crippen LogP contribution in [0, 0.1) is 0 Å². The van der Waals surface area contributed by atoms with Crippen molar-refractivity contribution in [1.82, 2.24) is 9.97 Å². The molecule has 0 bridgehead atoms. The van der Waals surface area contributed by atoms with Crippen molar-refractivity contribution in [3.8, 4) is 6.01 Å². The van der Waals surface area contributed by atoms with E-state index in [1.165, 1.54) is 13.3 Å². The van der Waals surface area contributed by atoms with Crippen LogP contribution >= 0.6 is 11.6 Å². The smallest absolute Gasteiger partial charge is 0.318 e. The number of methoxy groups -OCH3 is 1. The molecule has 0 spiro atoms. The van der Waals surface area contributed by atoms with Gasteiger partial charge in [0.25, 0.3) is 0 Å². The van der Waals surface area contributed by atoms with Crippen LogP contribution in [-0.4, -0.2) is 28.5 Å². The number of carbonyl (C=O) groups excluding carboxylic acids is 1. The topological polar surface area (TPSA) is 90.1 Å². The first-order chi connectivity index (χ1) is 7.36. The molecule has 1 aromatic rings. The summed E-state index contributed by atoms with van der Waals surface area (Å²) in [4.78, 5) is 18.9. The summed E-state index contributed by atoms with van der Waals surface area (Å²) in [6.45, 7) is 3.25. The second-order valence-electron chi connectivity index (χ2n) is 3.67. The van der Waals surface area contributed by atoms with Crippen LogP contribution in [0.1, 0.15) is 13.8 Å². The number of nitrogens with one attached hydrogen (secondary N) is 1. The van der Waals surface area contributed by atoms with Gasteiger partial charge in [-0.25, -0.2) is 4.98 Å². The van der Waals surface area contributed by atoms with Gasteiger partial charge >= 0.3 is 6.01 Å². The Hall–Kier alpha value is -1.56. The quantitative estimate of drug-likeness (QED) is 0.818. The molecule has 0 saturated heterocycles. The number of nitrogens with two attached hydrogens (primary N) is 1. The summed E-state index contributed by atoms with van der Waals surface area (Å²) in [5.41, 5.74) is 4.26. The molecule has 16 heavy (non-hydrogen) atoms. The van der Waals surface area contributed by atoms with Gasteiger partial charge in [0.2, 0.25) is 5.91 Å². The molecule has 6 nitrogen and oxygen atoms in total. The summed E-state index contributed by atoms with van der Waals surface area (Å²) in [7, 11) is 1.44. The first kappa shape index (κ1) is 12.5.